The van der Waals surface area contributed by atoms with Gasteiger partial charge in [-0.05, 0) is 48.9 Å². The van der Waals surface area contributed by atoms with Gasteiger partial charge in [0.15, 0.2) is 0 Å². The van der Waals surface area contributed by atoms with Crippen molar-refractivity contribution in [3.8, 4) is 0 Å². The van der Waals surface area contributed by atoms with Gasteiger partial charge in [-0.2, -0.15) is 4.72 Å². The number of carbonyl (C=O) groups excluding carboxylic acids is 1. The maximum absolute atomic E-state index is 14.1. The number of halogens is 2. The largest absolute Gasteiger partial charge is 0.475 e. The van der Waals surface area contributed by atoms with Gasteiger partial charge in [0.1, 0.15) is 22.6 Å². The van der Waals surface area contributed by atoms with Gasteiger partial charge in [0.25, 0.3) is 0 Å². The van der Waals surface area contributed by atoms with E-state index in [0.29, 0.717) is 36.5 Å². The Hall–Kier alpha value is -2.34. The van der Waals surface area contributed by atoms with Crippen molar-refractivity contribution in [2.75, 3.05) is 0 Å². The zero-order valence-corrected chi connectivity index (χ0v) is 18.8. The van der Waals surface area contributed by atoms with E-state index in [0.717, 1.165) is 25.3 Å². The summed E-state index contributed by atoms with van der Waals surface area (Å²) in [5.74, 6) is -3.43. The molecule has 0 heterocycles. The fourth-order valence-corrected chi connectivity index (χ4v) is 5.03. The van der Waals surface area contributed by atoms with Crippen LogP contribution in [-0.2, 0) is 21.2 Å². The first-order valence-corrected chi connectivity index (χ1v) is 12.3. The minimum absolute atomic E-state index is 0.0836. The van der Waals surface area contributed by atoms with Crippen LogP contribution in [0.5, 0.6) is 0 Å². The predicted molar refractivity (Wildman–Crippen MR) is 119 cm³/mol. The van der Waals surface area contributed by atoms with E-state index in [1.165, 1.54) is 0 Å². The molecule has 1 fully saturated rings. The average molecular weight is 480 g/mol. The van der Waals surface area contributed by atoms with E-state index in [4.69, 9.17) is 0 Å². The van der Waals surface area contributed by atoms with Crippen LogP contribution in [0.3, 0.4) is 0 Å². The Bertz CT molecular complexity index is 1050. The van der Waals surface area contributed by atoms with E-state index >= 15 is 0 Å². The highest BCUT2D eigenvalue weighted by molar-refractivity contribution is 7.89. The number of hydrogen-bond donors (Lipinski definition) is 4. The van der Waals surface area contributed by atoms with Gasteiger partial charge < -0.3 is 15.4 Å². The summed E-state index contributed by atoms with van der Waals surface area (Å²) in [5.41, 5.74) is 0.621. The third-order valence-electron chi connectivity index (χ3n) is 5.88. The maximum Gasteiger partial charge on any atom is 0.475 e. The molecular weight excluding hydrogens is 453 g/mol. The van der Waals surface area contributed by atoms with Crippen LogP contribution >= 0.6 is 0 Å². The summed E-state index contributed by atoms with van der Waals surface area (Å²) in [4.78, 5) is 12.1. The van der Waals surface area contributed by atoms with Crippen molar-refractivity contribution in [3.63, 3.8) is 0 Å². The van der Waals surface area contributed by atoms with Crippen LogP contribution in [-0.4, -0.2) is 43.5 Å². The normalized spacial score (nSPS) is 16.0. The third kappa shape index (κ3) is 7.07. The average Bonchev–Trinajstić information content (AvgIpc) is 2.73. The van der Waals surface area contributed by atoms with Crippen molar-refractivity contribution in [3.05, 3.63) is 65.7 Å². The van der Waals surface area contributed by atoms with Crippen molar-refractivity contribution in [2.45, 2.75) is 55.4 Å². The molecule has 0 radical (unpaired) electrons. The van der Waals surface area contributed by atoms with E-state index in [2.05, 4.69) is 10.0 Å². The van der Waals surface area contributed by atoms with Crippen LogP contribution < -0.4 is 10.0 Å². The van der Waals surface area contributed by atoms with Crippen molar-refractivity contribution in [1.29, 1.82) is 0 Å². The van der Waals surface area contributed by atoms with Crippen LogP contribution in [0.2, 0.25) is 0 Å². The predicted octanol–water partition coefficient (Wildman–Crippen LogP) is 1.93. The van der Waals surface area contributed by atoms with E-state index < -0.39 is 51.6 Å². The highest BCUT2D eigenvalue weighted by Crippen LogP contribution is 2.31. The molecule has 2 aromatic rings. The van der Waals surface area contributed by atoms with E-state index in [9.17, 15) is 32.0 Å². The van der Waals surface area contributed by atoms with Gasteiger partial charge in [-0.25, -0.2) is 17.2 Å². The smallest absolute Gasteiger partial charge is 0.426 e. The lowest BCUT2D eigenvalue weighted by molar-refractivity contribution is -0.123. The Morgan fingerprint density at radius 1 is 1.12 bits per heavy atom. The molecule has 1 aliphatic carbocycles. The molecule has 0 saturated heterocycles. The summed E-state index contributed by atoms with van der Waals surface area (Å²) in [6.45, 7) is 0. The lowest BCUT2D eigenvalue weighted by Crippen LogP contribution is -2.54. The van der Waals surface area contributed by atoms with Gasteiger partial charge in [0.05, 0.1) is 5.94 Å². The van der Waals surface area contributed by atoms with Crippen molar-refractivity contribution in [1.82, 2.24) is 10.0 Å². The molecule has 1 saturated carbocycles. The molecule has 2 atom stereocenters. The maximum atomic E-state index is 14.1. The second kappa shape index (κ2) is 11.2. The Labute approximate surface area is 192 Å². The molecule has 178 valence electrons. The summed E-state index contributed by atoms with van der Waals surface area (Å²) < 4.78 is 55.4. The Morgan fingerprint density at radius 3 is 2.42 bits per heavy atom. The van der Waals surface area contributed by atoms with Crippen molar-refractivity contribution in [2.24, 2.45) is 5.92 Å². The topological polar surface area (TPSA) is 116 Å². The van der Waals surface area contributed by atoms with E-state index in [1.807, 2.05) is 0 Å². The lowest BCUT2D eigenvalue weighted by atomic mass is 9.73. The molecule has 1 aliphatic rings. The van der Waals surface area contributed by atoms with Crippen LogP contribution in [0, 0.1) is 17.6 Å². The first kappa shape index (κ1) is 25.3. The van der Waals surface area contributed by atoms with Crippen molar-refractivity contribution < 1.29 is 32.0 Å². The number of carbonyl (C=O) groups is 1. The summed E-state index contributed by atoms with van der Waals surface area (Å²) in [5, 5.41) is 22.0. The van der Waals surface area contributed by atoms with Gasteiger partial charge in [0, 0.05) is 0 Å². The molecule has 0 unspecified atom stereocenters. The fraction of sp³-hybridized carbons (Fsp3) is 0.409. The molecule has 0 aliphatic heterocycles. The van der Waals surface area contributed by atoms with Crippen LogP contribution in [0.4, 0.5) is 8.78 Å². The SMILES string of the molecule is O=C(N[C@@H](CCC1CCC1)B(O)O)[C@H](Cc1ccccc1)NS(=O)(=O)c1cc(F)ccc1F. The summed E-state index contributed by atoms with van der Waals surface area (Å²) >= 11 is 0. The number of rotatable bonds is 11. The molecular formula is C22H27BF2N2O5S. The van der Waals surface area contributed by atoms with Gasteiger partial charge >= 0.3 is 7.12 Å². The number of nitrogens with one attached hydrogen (secondary N) is 2. The summed E-state index contributed by atoms with van der Waals surface area (Å²) in [7, 11) is -6.44. The molecule has 2 aromatic carbocycles. The molecule has 3 rings (SSSR count). The van der Waals surface area contributed by atoms with Gasteiger partial charge in [-0.3, -0.25) is 4.79 Å². The first-order valence-electron chi connectivity index (χ1n) is 10.8. The zero-order valence-electron chi connectivity index (χ0n) is 18.0. The van der Waals surface area contributed by atoms with Crippen LogP contribution in [0.25, 0.3) is 0 Å². The number of amides is 1. The van der Waals surface area contributed by atoms with Crippen LogP contribution in [0.15, 0.2) is 53.4 Å². The Balaban J connectivity index is 1.80. The standard InChI is InChI=1S/C22H27BF2N2O5S/c24-17-10-11-18(25)20(14-17)33(31,32)27-19(13-16-5-2-1-3-6-16)22(28)26-21(23(29)30)12-9-15-7-4-8-15/h1-3,5-6,10-11,14-15,19,21,27,29-30H,4,7-9,12-13H2,(H,26,28)/t19-,21-/m0/s1. The summed E-state index contributed by atoms with van der Waals surface area (Å²) in [6, 6.07) is 9.17. The van der Waals surface area contributed by atoms with Gasteiger partial charge in [0.2, 0.25) is 15.9 Å². The minimum Gasteiger partial charge on any atom is -0.426 e. The Morgan fingerprint density at radius 2 is 1.82 bits per heavy atom. The lowest BCUT2D eigenvalue weighted by Gasteiger charge is -2.28. The van der Waals surface area contributed by atoms with Crippen molar-refractivity contribution >= 4 is 23.0 Å². The molecule has 0 bridgehead atoms. The molecule has 33 heavy (non-hydrogen) atoms. The fourth-order valence-electron chi connectivity index (χ4n) is 3.75. The number of hydrogen-bond acceptors (Lipinski definition) is 5. The monoisotopic (exact) mass is 480 g/mol. The van der Waals surface area contributed by atoms with Gasteiger partial charge in [-0.1, -0.05) is 49.6 Å². The second-order valence-electron chi connectivity index (χ2n) is 8.34. The van der Waals surface area contributed by atoms with E-state index in [-0.39, 0.29) is 6.42 Å². The molecule has 7 nitrogen and oxygen atoms in total. The summed E-state index contributed by atoms with van der Waals surface area (Å²) in [6.07, 6.45) is 4.17. The van der Waals surface area contributed by atoms with E-state index in [1.54, 1.807) is 30.3 Å². The third-order valence-corrected chi connectivity index (χ3v) is 7.36. The molecule has 0 spiro atoms. The molecule has 0 aromatic heterocycles. The molecule has 4 N–H and O–H groups in total. The number of sulfonamides is 1. The van der Waals surface area contributed by atoms with Crippen LogP contribution in [0.1, 0.15) is 37.7 Å². The number of benzene rings is 2. The molecule has 11 heteroatoms. The quantitative estimate of drug-likeness (QED) is 0.367. The Kier molecular flexibility index (Phi) is 8.58. The second-order valence-corrected chi connectivity index (χ2v) is 10.0. The van der Waals surface area contributed by atoms with Gasteiger partial charge in [-0.15, -0.1) is 0 Å². The first-order chi connectivity index (χ1) is 15.7. The minimum atomic E-state index is -4.61. The zero-order chi connectivity index (χ0) is 24.0. The highest BCUT2D eigenvalue weighted by atomic mass is 32.2. The molecule has 1 amide bonds. The highest BCUT2D eigenvalue weighted by Gasteiger charge is 2.33.